The Kier molecular flexibility index (Phi) is 4.39. The van der Waals surface area contributed by atoms with E-state index in [-0.39, 0.29) is 0 Å². The molecular weight excluding hydrogens is 430 g/mol. The van der Waals surface area contributed by atoms with Crippen LogP contribution in [-0.2, 0) is 0 Å². The lowest BCUT2D eigenvalue weighted by atomic mass is 10.2. The molecule has 0 amide bonds. The molecule has 0 bridgehead atoms. The summed E-state index contributed by atoms with van der Waals surface area (Å²) in [7, 11) is 0. The van der Waals surface area contributed by atoms with E-state index in [1.807, 2.05) is 60.7 Å². The molecule has 0 saturated heterocycles. The summed E-state index contributed by atoms with van der Waals surface area (Å²) >= 11 is 0. The molecule has 0 saturated carbocycles. The van der Waals surface area contributed by atoms with E-state index in [0.29, 0.717) is 0 Å². The average Bonchev–Trinajstić information content (AvgIpc) is 3.65. The van der Waals surface area contributed by atoms with Gasteiger partial charge in [-0.1, -0.05) is 72.8 Å². The summed E-state index contributed by atoms with van der Waals surface area (Å²) in [5.74, 6) is 1.84. The molecule has 5 heteroatoms. The van der Waals surface area contributed by atoms with Gasteiger partial charge in [0.25, 0.3) is 0 Å². The summed E-state index contributed by atoms with van der Waals surface area (Å²) < 4.78 is 4.29. The summed E-state index contributed by atoms with van der Waals surface area (Å²) in [6, 6.07) is 37.1. The van der Waals surface area contributed by atoms with Crippen molar-refractivity contribution in [1.82, 2.24) is 23.8 Å². The molecular formula is C30H21N5. The number of nitrogens with zero attached hydrogens (tertiary/aromatic N) is 4. The van der Waals surface area contributed by atoms with Crippen LogP contribution in [0.4, 0.5) is 0 Å². The lowest BCUT2D eigenvalue weighted by Crippen LogP contribution is -1.87. The zero-order valence-corrected chi connectivity index (χ0v) is 18.8. The molecule has 0 aliphatic rings. The number of rotatable bonds is 4. The molecule has 35 heavy (non-hydrogen) atoms. The zero-order chi connectivity index (χ0) is 23.2. The van der Waals surface area contributed by atoms with Gasteiger partial charge in [-0.25, -0.2) is 9.97 Å². The first-order valence-electron chi connectivity index (χ1n) is 11.6. The second-order valence-electron chi connectivity index (χ2n) is 8.50. The fraction of sp³-hybridized carbons (Fsp3) is 0. The number of aromatic amines is 1. The van der Waals surface area contributed by atoms with Gasteiger partial charge in [0.05, 0.1) is 22.4 Å². The highest BCUT2D eigenvalue weighted by Crippen LogP contribution is 2.33. The van der Waals surface area contributed by atoms with Gasteiger partial charge in [-0.15, -0.1) is 0 Å². The van der Waals surface area contributed by atoms with Crippen molar-refractivity contribution >= 4 is 11.0 Å². The molecule has 7 aromatic rings. The molecule has 5 aromatic heterocycles. The molecule has 0 aliphatic carbocycles. The van der Waals surface area contributed by atoms with E-state index in [0.717, 1.165) is 56.6 Å². The number of pyridine rings is 2. The molecule has 0 unspecified atom stereocenters. The van der Waals surface area contributed by atoms with Gasteiger partial charge >= 0.3 is 0 Å². The average molecular weight is 452 g/mol. The van der Waals surface area contributed by atoms with Gasteiger partial charge in [0, 0.05) is 23.5 Å². The topological polar surface area (TPSA) is 50.4 Å². The number of H-pyrrole nitrogens is 1. The molecule has 0 aliphatic heterocycles. The SMILES string of the molecule is c1ccc(-c2nc(-c3ccc(-c4nc(-c5ccccc5)n5ccccc45)[nH]3)c3ccccn23)cc1. The van der Waals surface area contributed by atoms with Crippen molar-refractivity contribution in [2.24, 2.45) is 0 Å². The van der Waals surface area contributed by atoms with Crippen LogP contribution in [0.3, 0.4) is 0 Å². The van der Waals surface area contributed by atoms with E-state index in [2.05, 4.69) is 74.7 Å². The summed E-state index contributed by atoms with van der Waals surface area (Å²) in [5.41, 5.74) is 8.04. The van der Waals surface area contributed by atoms with Gasteiger partial charge in [-0.2, -0.15) is 0 Å². The van der Waals surface area contributed by atoms with Crippen LogP contribution in [0, 0.1) is 0 Å². The lowest BCUT2D eigenvalue weighted by molar-refractivity contribution is 1.16. The van der Waals surface area contributed by atoms with Crippen LogP contribution in [-0.4, -0.2) is 23.8 Å². The van der Waals surface area contributed by atoms with Crippen molar-refractivity contribution in [3.63, 3.8) is 0 Å². The van der Waals surface area contributed by atoms with Gasteiger partial charge in [-0.3, -0.25) is 8.80 Å². The smallest absolute Gasteiger partial charge is 0.145 e. The maximum absolute atomic E-state index is 5.06. The normalized spacial score (nSPS) is 11.4. The minimum Gasteiger partial charge on any atom is -0.352 e. The second kappa shape index (κ2) is 7.85. The van der Waals surface area contributed by atoms with E-state index in [9.17, 15) is 0 Å². The lowest BCUT2D eigenvalue weighted by Gasteiger charge is -2.00. The van der Waals surface area contributed by atoms with Gasteiger partial charge in [-0.05, 0) is 36.4 Å². The zero-order valence-electron chi connectivity index (χ0n) is 18.8. The largest absolute Gasteiger partial charge is 0.352 e. The van der Waals surface area contributed by atoms with Crippen LogP contribution in [0.15, 0.2) is 122 Å². The summed E-state index contributed by atoms with van der Waals surface area (Å²) in [5, 5.41) is 0. The third-order valence-electron chi connectivity index (χ3n) is 6.36. The van der Waals surface area contributed by atoms with E-state index in [1.54, 1.807) is 0 Å². The van der Waals surface area contributed by atoms with E-state index in [1.165, 1.54) is 0 Å². The number of imidazole rings is 2. The van der Waals surface area contributed by atoms with Crippen molar-refractivity contribution in [3.8, 4) is 45.6 Å². The quantitative estimate of drug-likeness (QED) is 0.314. The van der Waals surface area contributed by atoms with E-state index in [4.69, 9.17) is 9.97 Å². The summed E-state index contributed by atoms with van der Waals surface area (Å²) in [4.78, 5) is 13.7. The highest BCUT2D eigenvalue weighted by molar-refractivity contribution is 5.84. The maximum Gasteiger partial charge on any atom is 0.145 e. The Morgan fingerprint density at radius 2 is 0.886 bits per heavy atom. The standard InChI is InChI=1S/C30H21N5/c1-3-11-21(12-4-1)29-32-27(25-15-7-9-19-34(25)29)23-17-18-24(31-23)28-26-16-8-10-20-35(26)30(33-28)22-13-5-2-6-14-22/h1-20,31H. The predicted molar refractivity (Wildman–Crippen MR) is 140 cm³/mol. The Bertz CT molecular complexity index is 1660. The molecule has 0 fully saturated rings. The van der Waals surface area contributed by atoms with Crippen molar-refractivity contribution in [1.29, 1.82) is 0 Å². The number of nitrogens with one attached hydrogen (secondary N) is 1. The fourth-order valence-electron chi connectivity index (χ4n) is 4.73. The van der Waals surface area contributed by atoms with Gasteiger partial charge in [0.2, 0.25) is 0 Å². The summed E-state index contributed by atoms with van der Waals surface area (Å²) in [6.45, 7) is 0. The summed E-state index contributed by atoms with van der Waals surface area (Å²) in [6.07, 6.45) is 4.13. The molecule has 0 atom stereocenters. The molecule has 5 heterocycles. The Balaban J connectivity index is 1.38. The first kappa shape index (κ1) is 19.6. The number of hydrogen-bond acceptors (Lipinski definition) is 2. The van der Waals surface area contributed by atoms with Crippen molar-refractivity contribution in [2.45, 2.75) is 0 Å². The van der Waals surface area contributed by atoms with Crippen LogP contribution in [0.5, 0.6) is 0 Å². The Morgan fingerprint density at radius 1 is 0.457 bits per heavy atom. The molecule has 5 nitrogen and oxygen atoms in total. The van der Waals surface area contributed by atoms with E-state index >= 15 is 0 Å². The minimum absolute atomic E-state index is 0.919. The van der Waals surface area contributed by atoms with Crippen LogP contribution < -0.4 is 0 Å². The first-order valence-corrected chi connectivity index (χ1v) is 11.6. The van der Waals surface area contributed by atoms with Crippen LogP contribution in [0.25, 0.3) is 56.6 Å². The van der Waals surface area contributed by atoms with Crippen LogP contribution >= 0.6 is 0 Å². The van der Waals surface area contributed by atoms with Gasteiger partial charge in [0.15, 0.2) is 0 Å². The number of hydrogen-bond donors (Lipinski definition) is 1. The highest BCUT2D eigenvalue weighted by Gasteiger charge is 2.18. The monoisotopic (exact) mass is 451 g/mol. The van der Waals surface area contributed by atoms with Gasteiger partial charge in [0.1, 0.15) is 23.0 Å². The van der Waals surface area contributed by atoms with E-state index < -0.39 is 0 Å². The third-order valence-corrected chi connectivity index (χ3v) is 6.36. The van der Waals surface area contributed by atoms with Crippen molar-refractivity contribution in [2.75, 3.05) is 0 Å². The molecule has 2 aromatic carbocycles. The predicted octanol–water partition coefficient (Wildman–Crippen LogP) is 6.98. The Hall–Kier alpha value is -4.90. The van der Waals surface area contributed by atoms with Gasteiger partial charge < -0.3 is 4.98 Å². The van der Waals surface area contributed by atoms with Crippen molar-refractivity contribution < 1.29 is 0 Å². The number of benzene rings is 2. The van der Waals surface area contributed by atoms with Crippen LogP contribution in [0.1, 0.15) is 0 Å². The fourth-order valence-corrected chi connectivity index (χ4v) is 4.73. The molecule has 0 spiro atoms. The van der Waals surface area contributed by atoms with Crippen LogP contribution in [0.2, 0.25) is 0 Å². The Labute approximate surface area is 202 Å². The molecule has 7 rings (SSSR count). The molecule has 1 N–H and O–H groups in total. The minimum atomic E-state index is 0.919. The second-order valence-corrected chi connectivity index (χ2v) is 8.50. The molecule has 166 valence electrons. The number of aromatic nitrogens is 5. The highest BCUT2D eigenvalue weighted by atomic mass is 15.1. The third kappa shape index (κ3) is 3.17. The first-order chi connectivity index (χ1) is 17.4. The molecule has 0 radical (unpaired) electrons. The number of fused-ring (bicyclic) bond motifs is 2. The maximum atomic E-state index is 5.06. The van der Waals surface area contributed by atoms with Crippen molar-refractivity contribution in [3.05, 3.63) is 122 Å². The Morgan fingerprint density at radius 3 is 1.34 bits per heavy atom.